The zero-order chi connectivity index (χ0) is 20.9. The molecule has 0 aliphatic carbocycles. The Morgan fingerprint density at radius 3 is 2.57 bits per heavy atom. The van der Waals surface area contributed by atoms with Crippen LogP contribution in [-0.4, -0.2) is 23.8 Å². The number of nitrogens with one attached hydrogen (secondary N) is 2. The Morgan fingerprint density at radius 2 is 1.96 bits per heavy atom. The number of amides is 2. The van der Waals surface area contributed by atoms with Crippen molar-refractivity contribution in [1.29, 1.82) is 0 Å². The zero-order valence-electron chi connectivity index (χ0n) is 14.4. The molecule has 2 amide bonds. The van der Waals surface area contributed by atoms with Crippen LogP contribution in [0.15, 0.2) is 30.5 Å². The highest BCUT2D eigenvalue weighted by Gasteiger charge is 2.28. The van der Waals surface area contributed by atoms with Gasteiger partial charge < -0.3 is 15.4 Å². The van der Waals surface area contributed by atoms with Gasteiger partial charge in [0, 0.05) is 23.8 Å². The van der Waals surface area contributed by atoms with Crippen molar-refractivity contribution in [3.63, 3.8) is 0 Å². The van der Waals surface area contributed by atoms with Crippen molar-refractivity contribution in [2.75, 3.05) is 6.61 Å². The van der Waals surface area contributed by atoms with E-state index in [1.165, 1.54) is 24.4 Å². The lowest BCUT2D eigenvalue weighted by atomic mass is 10.1. The second-order valence-electron chi connectivity index (χ2n) is 5.75. The maximum absolute atomic E-state index is 13.6. The summed E-state index contributed by atoms with van der Waals surface area (Å²) in [5.74, 6) is -0.840. The van der Waals surface area contributed by atoms with Crippen LogP contribution in [0.1, 0.15) is 24.1 Å². The van der Waals surface area contributed by atoms with Gasteiger partial charge in [0.15, 0.2) is 6.61 Å². The van der Waals surface area contributed by atoms with Crippen LogP contribution in [0, 0.1) is 5.82 Å². The maximum Gasteiger partial charge on any atom is 0.422 e. The molecule has 2 N–H and O–H groups in total. The van der Waals surface area contributed by atoms with E-state index in [1.54, 1.807) is 6.92 Å². The van der Waals surface area contributed by atoms with Gasteiger partial charge in [0.1, 0.15) is 5.82 Å². The lowest BCUT2D eigenvalue weighted by Crippen LogP contribution is -2.36. The molecule has 152 valence electrons. The van der Waals surface area contributed by atoms with Gasteiger partial charge in [0.25, 0.3) is 0 Å². The molecule has 1 atom stereocenters. The normalized spacial score (nSPS) is 12.4. The summed E-state index contributed by atoms with van der Waals surface area (Å²) >= 11 is 11.6. The molecule has 0 bridgehead atoms. The Kier molecular flexibility index (Phi) is 7.31. The largest absolute Gasteiger partial charge is 0.468 e. The highest BCUT2D eigenvalue weighted by molar-refractivity contribution is 6.35. The number of alkyl halides is 3. The molecule has 28 heavy (non-hydrogen) atoms. The number of hydrogen-bond acceptors (Lipinski definition) is 3. The number of hydrogen-bond donors (Lipinski definition) is 2. The van der Waals surface area contributed by atoms with E-state index in [-0.39, 0.29) is 22.5 Å². The first-order chi connectivity index (χ1) is 13.0. The van der Waals surface area contributed by atoms with Gasteiger partial charge >= 0.3 is 12.2 Å². The van der Waals surface area contributed by atoms with Crippen LogP contribution >= 0.6 is 23.2 Å². The maximum atomic E-state index is 13.6. The molecule has 2 rings (SSSR count). The number of carbonyl (C=O) groups excluding carboxylic acids is 1. The minimum atomic E-state index is -4.45. The minimum Gasteiger partial charge on any atom is -0.468 e. The van der Waals surface area contributed by atoms with Crippen LogP contribution in [0.25, 0.3) is 0 Å². The van der Waals surface area contributed by atoms with E-state index in [0.717, 1.165) is 6.07 Å². The van der Waals surface area contributed by atoms with Crippen LogP contribution in [0.4, 0.5) is 22.4 Å². The molecular weight excluding hydrogens is 425 g/mol. The van der Waals surface area contributed by atoms with Crippen LogP contribution < -0.4 is 15.4 Å². The average Bonchev–Trinajstić information content (AvgIpc) is 2.61. The van der Waals surface area contributed by atoms with Gasteiger partial charge in [-0.05, 0) is 30.2 Å². The zero-order valence-corrected chi connectivity index (χ0v) is 15.9. The number of benzene rings is 1. The first-order valence-corrected chi connectivity index (χ1v) is 8.64. The first kappa shape index (κ1) is 22.0. The van der Waals surface area contributed by atoms with Gasteiger partial charge in [-0.25, -0.2) is 14.2 Å². The van der Waals surface area contributed by atoms with E-state index >= 15 is 0 Å². The van der Waals surface area contributed by atoms with E-state index in [2.05, 4.69) is 20.4 Å². The van der Waals surface area contributed by atoms with Crippen molar-refractivity contribution in [1.82, 2.24) is 15.6 Å². The summed E-state index contributed by atoms with van der Waals surface area (Å²) in [4.78, 5) is 15.7. The van der Waals surface area contributed by atoms with Crippen LogP contribution in [-0.2, 0) is 6.54 Å². The Morgan fingerprint density at radius 1 is 1.25 bits per heavy atom. The molecule has 2 aromatic rings. The van der Waals surface area contributed by atoms with Crippen molar-refractivity contribution < 1.29 is 27.1 Å². The SMILES string of the molecule is CC(NC(=O)NCc1ccc(OCC(F)(F)F)nc1)c1cc(F)c(Cl)cc1Cl. The third-order valence-corrected chi connectivity index (χ3v) is 4.11. The van der Waals surface area contributed by atoms with Crippen LogP contribution in [0.5, 0.6) is 5.88 Å². The number of aromatic nitrogens is 1. The van der Waals surface area contributed by atoms with Gasteiger partial charge in [-0.15, -0.1) is 0 Å². The van der Waals surface area contributed by atoms with E-state index in [9.17, 15) is 22.4 Å². The lowest BCUT2D eigenvalue weighted by Gasteiger charge is -2.17. The number of rotatable bonds is 6. The van der Waals surface area contributed by atoms with E-state index < -0.39 is 30.7 Å². The summed E-state index contributed by atoms with van der Waals surface area (Å²) in [5.41, 5.74) is 0.893. The summed E-state index contributed by atoms with van der Waals surface area (Å²) < 4.78 is 54.3. The Bertz CT molecular complexity index is 832. The molecule has 0 spiro atoms. The number of nitrogens with zero attached hydrogens (tertiary/aromatic N) is 1. The standard InChI is InChI=1S/C17H15Cl2F4N3O2/c1-9(11-4-14(20)13(19)5-12(11)18)26-16(27)25-7-10-2-3-15(24-6-10)28-8-17(21,22)23/h2-6,9H,7-8H2,1H3,(H2,25,26,27). The molecule has 1 unspecified atom stereocenters. The fourth-order valence-electron chi connectivity index (χ4n) is 2.13. The number of carbonyl (C=O) groups is 1. The van der Waals surface area contributed by atoms with Gasteiger partial charge in [-0.3, -0.25) is 0 Å². The molecule has 1 heterocycles. The molecule has 0 fully saturated rings. The predicted molar refractivity (Wildman–Crippen MR) is 96.0 cm³/mol. The highest BCUT2D eigenvalue weighted by atomic mass is 35.5. The second kappa shape index (κ2) is 9.29. The molecule has 11 heteroatoms. The Labute approximate surface area is 168 Å². The molecule has 0 radical (unpaired) electrons. The summed E-state index contributed by atoms with van der Waals surface area (Å²) in [6.07, 6.45) is -3.17. The monoisotopic (exact) mass is 439 g/mol. The number of urea groups is 1. The molecule has 0 aliphatic rings. The van der Waals surface area contributed by atoms with Gasteiger partial charge in [-0.1, -0.05) is 29.3 Å². The first-order valence-electron chi connectivity index (χ1n) is 7.88. The Hall–Kier alpha value is -2.26. The van der Waals surface area contributed by atoms with Crippen molar-refractivity contribution in [2.45, 2.75) is 25.7 Å². The topological polar surface area (TPSA) is 63.2 Å². The fraction of sp³-hybridized carbons (Fsp3) is 0.294. The van der Waals surface area contributed by atoms with Crippen LogP contribution in [0.3, 0.4) is 0 Å². The van der Waals surface area contributed by atoms with Crippen molar-refractivity contribution in [2.24, 2.45) is 0 Å². The Balaban J connectivity index is 1.86. The number of pyridine rings is 1. The summed E-state index contributed by atoms with van der Waals surface area (Å²) in [5, 5.41) is 5.22. The predicted octanol–water partition coefficient (Wildman–Crippen LogP) is 5.03. The molecule has 0 saturated carbocycles. The number of ether oxygens (including phenoxy) is 1. The molecule has 1 aromatic carbocycles. The molecule has 5 nitrogen and oxygen atoms in total. The second-order valence-corrected chi connectivity index (χ2v) is 6.56. The van der Waals surface area contributed by atoms with Gasteiger partial charge in [0.2, 0.25) is 5.88 Å². The fourth-order valence-corrected chi connectivity index (χ4v) is 2.68. The highest BCUT2D eigenvalue weighted by Crippen LogP contribution is 2.28. The van der Waals surface area contributed by atoms with E-state index in [1.807, 2.05) is 0 Å². The van der Waals surface area contributed by atoms with Crippen molar-refractivity contribution >= 4 is 29.2 Å². The van der Waals surface area contributed by atoms with Crippen LogP contribution in [0.2, 0.25) is 10.0 Å². The third-order valence-electron chi connectivity index (χ3n) is 3.49. The lowest BCUT2D eigenvalue weighted by molar-refractivity contribution is -0.154. The van der Waals surface area contributed by atoms with Crippen molar-refractivity contribution in [3.05, 3.63) is 57.5 Å². The molecule has 0 saturated heterocycles. The molecular formula is C17H15Cl2F4N3O2. The summed E-state index contributed by atoms with van der Waals surface area (Å²) in [7, 11) is 0. The quantitative estimate of drug-likeness (QED) is 0.490. The summed E-state index contributed by atoms with van der Waals surface area (Å²) in [6.45, 7) is 0.238. The van der Waals surface area contributed by atoms with E-state index in [4.69, 9.17) is 23.2 Å². The minimum absolute atomic E-state index is 0.0633. The van der Waals surface area contributed by atoms with Gasteiger partial charge in [0.05, 0.1) is 11.1 Å². The molecule has 1 aromatic heterocycles. The number of halogens is 6. The summed E-state index contributed by atoms with van der Waals surface area (Å²) in [6, 6.07) is 3.96. The third kappa shape index (κ3) is 6.72. The van der Waals surface area contributed by atoms with Gasteiger partial charge in [-0.2, -0.15) is 13.2 Å². The molecule has 0 aliphatic heterocycles. The van der Waals surface area contributed by atoms with Crippen molar-refractivity contribution in [3.8, 4) is 5.88 Å². The average molecular weight is 440 g/mol. The smallest absolute Gasteiger partial charge is 0.422 e. The van der Waals surface area contributed by atoms with E-state index in [0.29, 0.717) is 11.1 Å².